The average Bonchev–Trinajstić information content (AvgIpc) is 3.07. The number of benzene rings is 1. The summed E-state index contributed by atoms with van der Waals surface area (Å²) in [6, 6.07) is 5.49. The average molecular weight is 349 g/mol. The van der Waals surface area contributed by atoms with Gasteiger partial charge in [-0.3, -0.25) is 0 Å². The molecule has 5 heteroatoms. The Hall–Kier alpha value is -1.55. The molecule has 3 nitrogen and oxygen atoms in total. The lowest BCUT2D eigenvalue weighted by Gasteiger charge is -2.31. The Morgan fingerprint density at radius 3 is 2.87 bits per heavy atom. The van der Waals surface area contributed by atoms with E-state index in [9.17, 15) is 0 Å². The normalized spacial score (nSPS) is 20.1. The minimum absolute atomic E-state index is 0.329. The van der Waals surface area contributed by atoms with E-state index in [1.165, 1.54) is 0 Å². The highest BCUT2D eigenvalue weighted by molar-refractivity contribution is 6.35. The second-order valence-electron chi connectivity index (χ2n) is 5.62. The van der Waals surface area contributed by atoms with Crippen molar-refractivity contribution in [3.05, 3.63) is 76.3 Å². The molecule has 0 bridgehead atoms. The number of aromatic nitrogens is 2. The van der Waals surface area contributed by atoms with Crippen molar-refractivity contribution in [2.45, 2.75) is 31.5 Å². The quantitative estimate of drug-likeness (QED) is 0.786. The summed E-state index contributed by atoms with van der Waals surface area (Å²) in [6.07, 6.45) is 14.5. The summed E-state index contributed by atoms with van der Waals surface area (Å²) in [6.45, 7) is 0.451. The first-order chi connectivity index (χ1) is 11.2. The van der Waals surface area contributed by atoms with Gasteiger partial charge in [0.25, 0.3) is 0 Å². The smallest absolute Gasteiger partial charge is 0.106 e. The van der Waals surface area contributed by atoms with E-state index in [2.05, 4.69) is 22.1 Å². The number of ether oxygens (including phenoxy) is 1. The molecule has 1 aromatic carbocycles. The van der Waals surface area contributed by atoms with Crippen LogP contribution in [0.5, 0.6) is 0 Å². The zero-order valence-corrected chi connectivity index (χ0v) is 14.1. The van der Waals surface area contributed by atoms with Gasteiger partial charge in [0.15, 0.2) is 0 Å². The number of allylic oxidation sites excluding steroid dienone is 2. The van der Waals surface area contributed by atoms with Crippen LogP contribution in [0.2, 0.25) is 10.0 Å². The van der Waals surface area contributed by atoms with Gasteiger partial charge >= 0.3 is 0 Å². The highest BCUT2D eigenvalue weighted by Crippen LogP contribution is 2.30. The van der Waals surface area contributed by atoms with Crippen LogP contribution in [0, 0.1) is 0 Å². The van der Waals surface area contributed by atoms with Gasteiger partial charge in [-0.15, -0.1) is 0 Å². The molecule has 1 heterocycles. The lowest BCUT2D eigenvalue weighted by atomic mass is 9.89. The van der Waals surface area contributed by atoms with Crippen LogP contribution >= 0.6 is 23.2 Å². The van der Waals surface area contributed by atoms with Gasteiger partial charge in [0.1, 0.15) is 5.82 Å². The van der Waals surface area contributed by atoms with E-state index >= 15 is 0 Å². The Kier molecular flexibility index (Phi) is 5.21. The molecule has 0 radical (unpaired) electrons. The molecule has 120 valence electrons. The Bertz CT molecular complexity index is 710. The zero-order valence-electron chi connectivity index (χ0n) is 12.6. The molecule has 3 rings (SSSR count). The van der Waals surface area contributed by atoms with Gasteiger partial charge in [-0.2, -0.15) is 0 Å². The first-order valence-electron chi connectivity index (χ1n) is 7.57. The molecule has 23 heavy (non-hydrogen) atoms. The van der Waals surface area contributed by atoms with Crippen LogP contribution in [0.15, 0.2) is 54.9 Å². The monoisotopic (exact) mass is 348 g/mol. The van der Waals surface area contributed by atoms with Gasteiger partial charge in [-0.25, -0.2) is 4.98 Å². The largest absolute Gasteiger partial charge is 0.366 e. The van der Waals surface area contributed by atoms with Gasteiger partial charge in [-0.05, 0) is 30.5 Å². The molecule has 0 amide bonds. The summed E-state index contributed by atoms with van der Waals surface area (Å²) >= 11 is 12.2. The molecular weight excluding hydrogens is 331 g/mol. The van der Waals surface area contributed by atoms with Crippen LogP contribution in [0.25, 0.3) is 0 Å². The maximum absolute atomic E-state index is 6.27. The molecule has 0 fully saturated rings. The molecule has 1 N–H and O–H groups in total. The molecule has 1 atom stereocenters. The van der Waals surface area contributed by atoms with E-state index in [-0.39, 0.29) is 5.60 Å². The van der Waals surface area contributed by atoms with Crippen molar-refractivity contribution in [3.63, 3.8) is 0 Å². The summed E-state index contributed by atoms with van der Waals surface area (Å²) in [4.78, 5) is 7.42. The van der Waals surface area contributed by atoms with Crippen LogP contribution in [0.1, 0.15) is 24.2 Å². The van der Waals surface area contributed by atoms with E-state index in [1.807, 2.05) is 30.5 Å². The van der Waals surface area contributed by atoms with Crippen LogP contribution in [0.4, 0.5) is 0 Å². The molecule has 1 unspecified atom stereocenters. The minimum Gasteiger partial charge on any atom is -0.366 e. The van der Waals surface area contributed by atoms with Crippen LogP contribution < -0.4 is 0 Å². The zero-order chi connectivity index (χ0) is 16.1. The van der Waals surface area contributed by atoms with Crippen molar-refractivity contribution in [2.75, 3.05) is 0 Å². The molecule has 1 aliphatic carbocycles. The van der Waals surface area contributed by atoms with Gasteiger partial charge in [-0.1, -0.05) is 53.6 Å². The molecule has 0 spiro atoms. The predicted octanol–water partition coefficient (Wildman–Crippen LogP) is 5.12. The number of hydrogen-bond acceptors (Lipinski definition) is 2. The van der Waals surface area contributed by atoms with Crippen molar-refractivity contribution in [3.8, 4) is 0 Å². The predicted molar refractivity (Wildman–Crippen MR) is 93.8 cm³/mol. The summed E-state index contributed by atoms with van der Waals surface area (Å²) in [5, 5.41) is 1.26. The van der Waals surface area contributed by atoms with Gasteiger partial charge < -0.3 is 9.72 Å². The van der Waals surface area contributed by atoms with E-state index in [4.69, 9.17) is 27.9 Å². The number of aryl methyl sites for hydroxylation is 1. The number of rotatable bonds is 6. The van der Waals surface area contributed by atoms with Crippen molar-refractivity contribution in [1.82, 2.24) is 9.97 Å². The Balaban J connectivity index is 1.69. The number of aromatic amines is 1. The van der Waals surface area contributed by atoms with E-state index in [1.54, 1.807) is 12.3 Å². The maximum Gasteiger partial charge on any atom is 0.106 e. The number of nitrogens with one attached hydrogen (secondary N) is 1. The van der Waals surface area contributed by atoms with Gasteiger partial charge in [0, 0.05) is 28.9 Å². The fourth-order valence-corrected chi connectivity index (χ4v) is 3.10. The van der Waals surface area contributed by atoms with E-state index in [0.29, 0.717) is 16.7 Å². The van der Waals surface area contributed by atoms with Crippen molar-refractivity contribution >= 4 is 23.2 Å². The van der Waals surface area contributed by atoms with Crippen molar-refractivity contribution < 1.29 is 4.74 Å². The van der Waals surface area contributed by atoms with Crippen LogP contribution in [0.3, 0.4) is 0 Å². The van der Waals surface area contributed by atoms with E-state index < -0.39 is 0 Å². The molecule has 1 aromatic heterocycles. The summed E-state index contributed by atoms with van der Waals surface area (Å²) in [5.74, 6) is 0.973. The number of hydrogen-bond donors (Lipinski definition) is 1. The Morgan fingerprint density at radius 1 is 1.26 bits per heavy atom. The fourth-order valence-electron chi connectivity index (χ4n) is 2.63. The highest BCUT2D eigenvalue weighted by atomic mass is 35.5. The third-order valence-electron chi connectivity index (χ3n) is 3.98. The molecule has 2 aromatic rings. The van der Waals surface area contributed by atoms with E-state index in [0.717, 1.165) is 30.7 Å². The summed E-state index contributed by atoms with van der Waals surface area (Å²) < 4.78 is 6.27. The molecule has 1 aliphatic rings. The number of nitrogens with zero attached hydrogens (tertiary/aromatic N) is 1. The second-order valence-corrected chi connectivity index (χ2v) is 6.46. The van der Waals surface area contributed by atoms with Crippen molar-refractivity contribution in [2.24, 2.45) is 0 Å². The lowest BCUT2D eigenvalue weighted by Crippen LogP contribution is -2.31. The topological polar surface area (TPSA) is 37.9 Å². The molecule has 0 aliphatic heterocycles. The Labute approximate surface area is 146 Å². The molecular formula is C18H18Cl2N2O. The first-order valence-corrected chi connectivity index (χ1v) is 8.33. The van der Waals surface area contributed by atoms with Crippen LogP contribution in [-0.2, 0) is 17.8 Å². The summed E-state index contributed by atoms with van der Waals surface area (Å²) in [7, 11) is 0. The Morgan fingerprint density at radius 2 is 2.17 bits per heavy atom. The van der Waals surface area contributed by atoms with Gasteiger partial charge in [0.05, 0.1) is 12.2 Å². The number of H-pyrrole nitrogens is 1. The third-order valence-corrected chi connectivity index (χ3v) is 4.57. The van der Waals surface area contributed by atoms with Crippen LogP contribution in [-0.4, -0.2) is 15.6 Å². The maximum atomic E-state index is 6.27. The standard InChI is InChI=1S/C18H18Cl2N2O/c19-15-5-4-14(16(20)12-15)13-23-18(7-2-1-3-8-18)9-6-17-21-10-11-22-17/h1-5,7,10-12H,6,8-9,13H2,(H,21,22). The fraction of sp³-hybridized carbons (Fsp3) is 0.278. The molecule has 0 saturated carbocycles. The first kappa shape index (κ1) is 16.3. The number of halogens is 2. The molecule has 0 saturated heterocycles. The minimum atomic E-state index is -0.329. The lowest BCUT2D eigenvalue weighted by molar-refractivity contribution is -0.0249. The van der Waals surface area contributed by atoms with Gasteiger partial charge in [0.2, 0.25) is 0 Å². The second kappa shape index (κ2) is 7.35. The summed E-state index contributed by atoms with van der Waals surface area (Å²) in [5.41, 5.74) is 0.612. The van der Waals surface area contributed by atoms with Crippen molar-refractivity contribution in [1.29, 1.82) is 0 Å². The highest BCUT2D eigenvalue weighted by Gasteiger charge is 2.28. The SMILES string of the molecule is Clc1ccc(COC2(CCc3ncc[nH]3)C=CC=CC2)c(Cl)c1. The third kappa shape index (κ3) is 4.25. The number of imidazole rings is 1.